The number of esters is 1. The van der Waals surface area contributed by atoms with Crippen molar-refractivity contribution in [2.24, 2.45) is 5.73 Å². The van der Waals surface area contributed by atoms with Gasteiger partial charge in [0.1, 0.15) is 10.6 Å². The van der Waals surface area contributed by atoms with Crippen molar-refractivity contribution in [3.8, 4) is 0 Å². The Balaban J connectivity index is 1.82. The van der Waals surface area contributed by atoms with Gasteiger partial charge in [-0.3, -0.25) is 9.59 Å². The van der Waals surface area contributed by atoms with Gasteiger partial charge in [0, 0.05) is 10.9 Å². The molecule has 0 saturated heterocycles. The number of amides is 2. The molecule has 0 atom stereocenters. The number of methoxy groups -OCH3 is 1. The van der Waals surface area contributed by atoms with Crippen LogP contribution in [0.2, 0.25) is 0 Å². The number of ether oxygens (including phenoxy) is 1. The molecule has 0 aromatic carbocycles. The molecule has 27 heavy (non-hydrogen) atoms. The van der Waals surface area contributed by atoms with E-state index in [1.165, 1.54) is 24.6 Å². The zero-order valence-corrected chi connectivity index (χ0v) is 15.9. The quantitative estimate of drug-likeness (QED) is 0.463. The number of thiophene rings is 1. The third kappa shape index (κ3) is 4.33. The van der Waals surface area contributed by atoms with E-state index in [1.807, 2.05) is 0 Å². The molecule has 0 saturated carbocycles. The number of nitrogens with zero attached hydrogens (tertiary/aromatic N) is 1. The smallest absolute Gasteiger partial charge is 0.341 e. The van der Waals surface area contributed by atoms with Crippen LogP contribution in [-0.4, -0.2) is 24.9 Å². The number of hydrogen-bond donors (Lipinski definition) is 2. The molecule has 7 nitrogen and oxygen atoms in total. The zero-order valence-electron chi connectivity index (χ0n) is 15.1. The summed E-state index contributed by atoms with van der Waals surface area (Å²) in [7, 11) is 1.35. The Morgan fingerprint density at radius 1 is 1.26 bits per heavy atom. The molecule has 1 aliphatic rings. The van der Waals surface area contributed by atoms with Crippen molar-refractivity contribution in [2.75, 3.05) is 12.4 Å². The maximum absolute atomic E-state index is 12.5. The summed E-state index contributed by atoms with van der Waals surface area (Å²) in [6, 6.07) is 3.24. The second-order valence-electron chi connectivity index (χ2n) is 6.44. The molecule has 8 heteroatoms. The highest BCUT2D eigenvalue weighted by atomic mass is 32.1. The van der Waals surface area contributed by atoms with Crippen molar-refractivity contribution in [3.05, 3.63) is 46.1 Å². The second-order valence-corrected chi connectivity index (χ2v) is 7.54. The molecule has 0 fully saturated rings. The van der Waals surface area contributed by atoms with E-state index in [0.29, 0.717) is 16.1 Å². The third-order valence-corrected chi connectivity index (χ3v) is 5.74. The minimum absolute atomic E-state index is 0.00427. The average Bonchev–Trinajstić information content (AvgIpc) is 2.82. The molecule has 1 aliphatic carbocycles. The molecule has 142 valence electrons. The predicted molar refractivity (Wildman–Crippen MR) is 101 cm³/mol. The first-order valence-corrected chi connectivity index (χ1v) is 9.63. The first kappa shape index (κ1) is 19.0. The fourth-order valence-electron chi connectivity index (χ4n) is 3.25. The van der Waals surface area contributed by atoms with Crippen LogP contribution in [0.5, 0.6) is 0 Å². The van der Waals surface area contributed by atoms with Gasteiger partial charge in [0.05, 0.1) is 12.7 Å². The summed E-state index contributed by atoms with van der Waals surface area (Å²) >= 11 is 1.45. The predicted octanol–water partition coefficient (Wildman–Crippen LogP) is 1.83. The van der Waals surface area contributed by atoms with Crippen LogP contribution in [0.4, 0.5) is 5.00 Å². The number of aromatic nitrogens is 1. The van der Waals surface area contributed by atoms with Crippen LogP contribution in [-0.2, 0) is 28.9 Å². The molecule has 0 bridgehead atoms. The highest BCUT2D eigenvalue weighted by Gasteiger charge is 2.26. The zero-order chi connectivity index (χ0) is 19.4. The van der Waals surface area contributed by atoms with Crippen LogP contribution < -0.4 is 15.6 Å². The van der Waals surface area contributed by atoms with Gasteiger partial charge in [-0.15, -0.1) is 11.3 Å². The topological polar surface area (TPSA) is 102 Å². The maximum atomic E-state index is 12.5. The van der Waals surface area contributed by atoms with Crippen LogP contribution in [0.25, 0.3) is 0 Å². The van der Waals surface area contributed by atoms with Crippen molar-refractivity contribution in [3.63, 3.8) is 0 Å². The number of pyridine rings is 1. The lowest BCUT2D eigenvalue weighted by Gasteiger charge is -2.06. The Hall–Kier alpha value is -2.74. The summed E-state index contributed by atoms with van der Waals surface area (Å²) < 4.78 is 6.52. The second kappa shape index (κ2) is 8.30. The number of aryl methyl sites for hydroxylation is 1. The van der Waals surface area contributed by atoms with Gasteiger partial charge in [0.2, 0.25) is 6.54 Å². The lowest BCUT2D eigenvalue weighted by atomic mass is 10.1. The summed E-state index contributed by atoms with van der Waals surface area (Å²) in [5, 5.41) is 3.38. The SMILES string of the molecule is COC(=O)c1c(NC(=O)C[n+]2cccc(C(N)=O)c2)sc2c1CCCCC2. The summed E-state index contributed by atoms with van der Waals surface area (Å²) in [5.41, 5.74) is 7.07. The van der Waals surface area contributed by atoms with Crippen LogP contribution in [0.15, 0.2) is 24.5 Å². The van der Waals surface area contributed by atoms with E-state index in [9.17, 15) is 14.4 Å². The number of nitrogens with one attached hydrogen (secondary N) is 1. The highest BCUT2D eigenvalue weighted by Crippen LogP contribution is 2.37. The van der Waals surface area contributed by atoms with E-state index >= 15 is 0 Å². The summed E-state index contributed by atoms with van der Waals surface area (Å²) in [6.45, 7) is 0.00427. The summed E-state index contributed by atoms with van der Waals surface area (Å²) in [4.78, 5) is 37.3. The number of carbonyl (C=O) groups excluding carboxylic acids is 3. The molecule has 0 unspecified atom stereocenters. The fraction of sp³-hybridized carbons (Fsp3) is 0.368. The number of anilines is 1. The number of nitrogens with two attached hydrogens (primary N) is 1. The van der Waals surface area contributed by atoms with Crippen molar-refractivity contribution in [1.82, 2.24) is 0 Å². The van der Waals surface area contributed by atoms with E-state index in [-0.39, 0.29) is 12.5 Å². The first-order chi connectivity index (χ1) is 13.0. The Morgan fingerprint density at radius 2 is 2.04 bits per heavy atom. The van der Waals surface area contributed by atoms with Gasteiger partial charge >= 0.3 is 5.97 Å². The van der Waals surface area contributed by atoms with Crippen molar-refractivity contribution in [1.29, 1.82) is 0 Å². The van der Waals surface area contributed by atoms with E-state index < -0.39 is 11.9 Å². The molecule has 3 rings (SSSR count). The molecule has 0 aliphatic heterocycles. The molecule has 2 heterocycles. The van der Waals surface area contributed by atoms with Gasteiger partial charge in [-0.25, -0.2) is 4.79 Å². The molecule has 2 aromatic heterocycles. The minimum Gasteiger partial charge on any atom is -0.465 e. The number of hydrogen-bond acceptors (Lipinski definition) is 5. The monoisotopic (exact) mass is 388 g/mol. The van der Waals surface area contributed by atoms with Crippen LogP contribution in [0.3, 0.4) is 0 Å². The van der Waals surface area contributed by atoms with E-state index in [0.717, 1.165) is 42.5 Å². The van der Waals surface area contributed by atoms with Crippen molar-refractivity contribution >= 4 is 34.1 Å². The average molecular weight is 388 g/mol. The van der Waals surface area contributed by atoms with Crippen LogP contribution in [0, 0.1) is 0 Å². The normalized spacial score (nSPS) is 13.4. The molecular weight excluding hydrogens is 366 g/mol. The van der Waals surface area contributed by atoms with Crippen molar-refractivity contribution in [2.45, 2.75) is 38.6 Å². The lowest BCUT2D eigenvalue weighted by Crippen LogP contribution is -2.40. The largest absolute Gasteiger partial charge is 0.465 e. The van der Waals surface area contributed by atoms with Gasteiger partial charge < -0.3 is 15.8 Å². The van der Waals surface area contributed by atoms with E-state index in [2.05, 4.69) is 5.32 Å². The molecule has 3 N–H and O–H groups in total. The molecule has 2 amide bonds. The Bertz CT molecular complexity index is 891. The highest BCUT2D eigenvalue weighted by molar-refractivity contribution is 7.17. The number of rotatable bonds is 5. The maximum Gasteiger partial charge on any atom is 0.341 e. The number of fused-ring (bicyclic) bond motifs is 1. The minimum atomic E-state index is -0.556. The Kier molecular flexibility index (Phi) is 5.85. The Labute approximate surface area is 161 Å². The van der Waals surface area contributed by atoms with Gasteiger partial charge in [-0.2, -0.15) is 4.57 Å². The summed E-state index contributed by atoms with van der Waals surface area (Å²) in [6.07, 6.45) is 8.17. The fourth-order valence-corrected chi connectivity index (χ4v) is 4.54. The van der Waals surface area contributed by atoms with Gasteiger partial charge in [0.15, 0.2) is 12.4 Å². The van der Waals surface area contributed by atoms with E-state index in [1.54, 1.807) is 22.9 Å². The summed E-state index contributed by atoms with van der Waals surface area (Å²) in [5.74, 6) is -1.27. The molecule has 0 radical (unpaired) electrons. The van der Waals surface area contributed by atoms with Gasteiger partial charge in [-0.05, 0) is 37.3 Å². The lowest BCUT2D eigenvalue weighted by molar-refractivity contribution is -0.684. The van der Waals surface area contributed by atoms with Gasteiger partial charge in [-0.1, -0.05) is 6.42 Å². The molecular formula is C19H22N3O4S+. The van der Waals surface area contributed by atoms with Crippen molar-refractivity contribution < 1.29 is 23.7 Å². The standard InChI is InChI=1S/C19H21N3O4S/c1-26-19(25)16-13-7-3-2-4-8-14(13)27-18(16)21-15(23)11-22-9-5-6-12(10-22)17(20)24/h5-6,9-10H,2-4,7-8,11H2,1H3,(H2-,20,21,23,24,25)/p+1. The third-order valence-electron chi connectivity index (χ3n) is 4.53. The van der Waals surface area contributed by atoms with Crippen LogP contribution in [0.1, 0.15) is 50.4 Å². The Morgan fingerprint density at radius 3 is 2.78 bits per heavy atom. The molecule has 2 aromatic rings. The van der Waals surface area contributed by atoms with Crippen LogP contribution >= 0.6 is 11.3 Å². The van der Waals surface area contributed by atoms with E-state index in [4.69, 9.17) is 10.5 Å². The van der Waals surface area contributed by atoms with Gasteiger partial charge in [0.25, 0.3) is 11.8 Å². The molecule has 0 spiro atoms. The number of primary amides is 1. The number of carbonyl (C=O) groups is 3. The first-order valence-electron chi connectivity index (χ1n) is 8.81.